The highest BCUT2D eigenvalue weighted by Crippen LogP contribution is 2.23. The maximum absolute atomic E-state index is 11.9. The number of benzene rings is 1. The molecule has 14 heavy (non-hydrogen) atoms. The van der Waals surface area contributed by atoms with E-state index in [2.05, 4.69) is 0 Å². The van der Waals surface area contributed by atoms with E-state index in [1.54, 1.807) is 12.1 Å². The first-order chi connectivity index (χ1) is 6.63. The van der Waals surface area contributed by atoms with Gasteiger partial charge in [-0.05, 0) is 12.1 Å². The van der Waals surface area contributed by atoms with Crippen LogP contribution in [0.2, 0.25) is 5.02 Å². The van der Waals surface area contributed by atoms with E-state index in [1.807, 2.05) is 0 Å². The van der Waals surface area contributed by atoms with Crippen LogP contribution in [0.4, 0.5) is 8.78 Å². The minimum absolute atomic E-state index is 0.232. The Labute approximate surface area is 85.6 Å². The predicted molar refractivity (Wildman–Crippen MR) is 50.8 cm³/mol. The molecule has 0 unspecified atom stereocenters. The number of rotatable bonds is 4. The van der Waals surface area contributed by atoms with Gasteiger partial charge in [0.2, 0.25) is 0 Å². The zero-order valence-corrected chi connectivity index (χ0v) is 8.10. The first-order valence-corrected chi connectivity index (χ1v) is 4.40. The van der Waals surface area contributed by atoms with Crippen molar-refractivity contribution in [3.63, 3.8) is 0 Å². The van der Waals surface area contributed by atoms with Crippen LogP contribution < -0.4 is 10.5 Å². The zero-order chi connectivity index (χ0) is 10.6. The van der Waals surface area contributed by atoms with Gasteiger partial charge in [0.15, 0.2) is 0 Å². The third-order valence-corrected chi connectivity index (χ3v) is 1.85. The van der Waals surface area contributed by atoms with Gasteiger partial charge in [-0.3, -0.25) is 0 Å². The summed E-state index contributed by atoms with van der Waals surface area (Å²) in [5, 5.41) is 0.437. The summed E-state index contributed by atoms with van der Waals surface area (Å²) < 4.78 is 28.6. The average molecular weight is 222 g/mol. The third kappa shape index (κ3) is 3.12. The Morgan fingerprint density at radius 1 is 1.43 bits per heavy atom. The minimum atomic E-state index is -2.50. The van der Waals surface area contributed by atoms with Crippen LogP contribution in [0.3, 0.4) is 0 Å². The summed E-state index contributed by atoms with van der Waals surface area (Å²) in [5.74, 6) is 0.320. The molecule has 78 valence electrons. The van der Waals surface area contributed by atoms with Crippen molar-refractivity contribution >= 4 is 11.6 Å². The van der Waals surface area contributed by atoms with Crippen molar-refractivity contribution in [2.45, 2.75) is 13.0 Å². The largest absolute Gasteiger partial charge is 0.487 e. The maximum Gasteiger partial charge on any atom is 0.272 e. The molecule has 0 atom stereocenters. The van der Waals surface area contributed by atoms with Crippen LogP contribution in [0.25, 0.3) is 0 Å². The van der Waals surface area contributed by atoms with Crippen LogP contribution in [0, 0.1) is 0 Å². The Bertz CT molecular complexity index is 307. The first-order valence-electron chi connectivity index (χ1n) is 4.03. The molecule has 0 spiro atoms. The van der Waals surface area contributed by atoms with Crippen molar-refractivity contribution in [1.29, 1.82) is 0 Å². The average Bonchev–Trinajstić information content (AvgIpc) is 2.15. The molecule has 0 saturated carbocycles. The summed E-state index contributed by atoms with van der Waals surface area (Å²) in [5.41, 5.74) is 6.06. The number of alkyl halides is 2. The van der Waals surface area contributed by atoms with E-state index >= 15 is 0 Å². The molecule has 0 amide bonds. The van der Waals surface area contributed by atoms with Gasteiger partial charge in [-0.2, -0.15) is 0 Å². The van der Waals surface area contributed by atoms with Crippen molar-refractivity contribution < 1.29 is 13.5 Å². The molecular weight excluding hydrogens is 212 g/mol. The van der Waals surface area contributed by atoms with Gasteiger partial charge in [0.05, 0.1) is 0 Å². The second-order valence-corrected chi connectivity index (χ2v) is 3.09. The van der Waals surface area contributed by atoms with Crippen LogP contribution in [-0.2, 0) is 6.54 Å². The maximum atomic E-state index is 11.9. The Kier molecular flexibility index (Phi) is 4.10. The standard InChI is InChI=1S/C9H10ClF2NO/c10-7-2-1-6(4-13)8(3-7)14-5-9(11)12/h1-3,9H,4-5,13H2. The molecule has 5 heteroatoms. The molecule has 0 aliphatic heterocycles. The molecule has 0 aliphatic carbocycles. The molecule has 0 fully saturated rings. The van der Waals surface area contributed by atoms with E-state index in [4.69, 9.17) is 22.1 Å². The van der Waals surface area contributed by atoms with Gasteiger partial charge in [-0.25, -0.2) is 8.78 Å². The molecule has 2 N–H and O–H groups in total. The summed E-state index contributed by atoms with van der Waals surface area (Å²) in [6.45, 7) is -0.414. The van der Waals surface area contributed by atoms with Gasteiger partial charge in [0, 0.05) is 17.1 Å². The highest BCUT2D eigenvalue weighted by molar-refractivity contribution is 6.30. The van der Waals surface area contributed by atoms with Gasteiger partial charge < -0.3 is 10.5 Å². The van der Waals surface area contributed by atoms with Gasteiger partial charge >= 0.3 is 0 Å². The fourth-order valence-corrected chi connectivity index (χ4v) is 1.15. The van der Waals surface area contributed by atoms with Crippen molar-refractivity contribution in [2.24, 2.45) is 5.73 Å². The summed E-state index contributed by atoms with van der Waals surface area (Å²) in [7, 11) is 0. The predicted octanol–water partition coefficient (Wildman–Crippen LogP) is 2.44. The summed E-state index contributed by atoms with van der Waals surface area (Å²) in [6, 6.07) is 4.77. The van der Waals surface area contributed by atoms with E-state index in [9.17, 15) is 8.78 Å². The number of ether oxygens (including phenoxy) is 1. The molecule has 0 radical (unpaired) electrons. The lowest BCUT2D eigenvalue weighted by molar-refractivity contribution is 0.0814. The number of hydrogen-bond acceptors (Lipinski definition) is 2. The fourth-order valence-electron chi connectivity index (χ4n) is 0.984. The smallest absolute Gasteiger partial charge is 0.272 e. The summed E-state index contributed by atoms with van der Waals surface area (Å²) in [6.07, 6.45) is -2.50. The molecule has 1 aromatic rings. The van der Waals surface area contributed by atoms with Gasteiger partial charge in [-0.1, -0.05) is 17.7 Å². The van der Waals surface area contributed by atoms with Crippen molar-refractivity contribution in [2.75, 3.05) is 6.61 Å². The molecular formula is C9H10ClF2NO. The molecule has 2 nitrogen and oxygen atoms in total. The Morgan fingerprint density at radius 3 is 2.71 bits per heavy atom. The molecule has 0 heterocycles. The zero-order valence-electron chi connectivity index (χ0n) is 7.34. The Morgan fingerprint density at radius 2 is 2.14 bits per heavy atom. The molecule has 0 saturated heterocycles. The number of halogens is 3. The second kappa shape index (κ2) is 5.12. The van der Waals surface area contributed by atoms with Gasteiger partial charge in [-0.15, -0.1) is 0 Å². The fraction of sp³-hybridized carbons (Fsp3) is 0.333. The molecule has 0 aliphatic rings. The molecule has 0 bridgehead atoms. The van der Waals surface area contributed by atoms with Crippen molar-refractivity contribution in [3.05, 3.63) is 28.8 Å². The molecule has 1 aromatic carbocycles. The van der Waals surface area contributed by atoms with Crippen molar-refractivity contribution in [1.82, 2.24) is 0 Å². The van der Waals surface area contributed by atoms with E-state index in [0.717, 1.165) is 0 Å². The summed E-state index contributed by atoms with van der Waals surface area (Å²) >= 11 is 5.68. The minimum Gasteiger partial charge on any atom is -0.487 e. The van der Waals surface area contributed by atoms with E-state index in [0.29, 0.717) is 16.3 Å². The van der Waals surface area contributed by atoms with Crippen LogP contribution in [0.15, 0.2) is 18.2 Å². The SMILES string of the molecule is NCc1ccc(Cl)cc1OCC(F)F. The topological polar surface area (TPSA) is 35.2 Å². The quantitative estimate of drug-likeness (QED) is 0.848. The van der Waals surface area contributed by atoms with E-state index in [-0.39, 0.29) is 6.54 Å². The van der Waals surface area contributed by atoms with Crippen LogP contribution in [0.5, 0.6) is 5.75 Å². The molecule has 1 rings (SSSR count). The Hall–Kier alpha value is -0.870. The van der Waals surface area contributed by atoms with E-state index in [1.165, 1.54) is 6.07 Å². The lowest BCUT2D eigenvalue weighted by Gasteiger charge is -2.09. The van der Waals surface area contributed by atoms with Crippen LogP contribution in [0.1, 0.15) is 5.56 Å². The third-order valence-electron chi connectivity index (χ3n) is 1.61. The first kappa shape index (κ1) is 11.2. The molecule has 0 aromatic heterocycles. The second-order valence-electron chi connectivity index (χ2n) is 2.66. The lowest BCUT2D eigenvalue weighted by atomic mass is 10.2. The lowest BCUT2D eigenvalue weighted by Crippen LogP contribution is -2.09. The number of nitrogens with two attached hydrogens (primary N) is 1. The number of hydrogen-bond donors (Lipinski definition) is 1. The van der Waals surface area contributed by atoms with Crippen LogP contribution in [-0.4, -0.2) is 13.0 Å². The van der Waals surface area contributed by atoms with Gasteiger partial charge in [0.1, 0.15) is 12.4 Å². The summed E-state index contributed by atoms with van der Waals surface area (Å²) in [4.78, 5) is 0. The van der Waals surface area contributed by atoms with Crippen LogP contribution >= 0.6 is 11.6 Å². The normalized spacial score (nSPS) is 10.6. The van der Waals surface area contributed by atoms with Gasteiger partial charge in [0.25, 0.3) is 6.43 Å². The van der Waals surface area contributed by atoms with Crippen molar-refractivity contribution in [3.8, 4) is 5.75 Å². The monoisotopic (exact) mass is 221 g/mol. The highest BCUT2D eigenvalue weighted by Gasteiger charge is 2.07. The van der Waals surface area contributed by atoms with E-state index < -0.39 is 13.0 Å². The highest BCUT2D eigenvalue weighted by atomic mass is 35.5. The Balaban J connectivity index is 2.77.